The minimum Gasteiger partial charge on any atom is -0.427 e. The van der Waals surface area contributed by atoms with Crippen molar-refractivity contribution in [2.45, 2.75) is 6.92 Å². The van der Waals surface area contributed by atoms with E-state index in [0.717, 1.165) is 11.8 Å². The molecule has 0 saturated carbocycles. The molecule has 0 atom stereocenters. The van der Waals surface area contributed by atoms with Gasteiger partial charge in [0.2, 0.25) is 0 Å². The number of ketones is 1. The van der Waals surface area contributed by atoms with Gasteiger partial charge in [-0.05, 0) is 36.0 Å². The van der Waals surface area contributed by atoms with Gasteiger partial charge in [-0.1, -0.05) is 0 Å². The van der Waals surface area contributed by atoms with E-state index < -0.39 is 5.97 Å². The lowest BCUT2D eigenvalue weighted by Gasteiger charge is -2.02. The van der Waals surface area contributed by atoms with Gasteiger partial charge in [0.1, 0.15) is 11.2 Å². The van der Waals surface area contributed by atoms with Crippen LogP contribution in [-0.4, -0.2) is 17.5 Å². The molecule has 0 amide bonds. The summed E-state index contributed by atoms with van der Waals surface area (Å²) in [5.41, 5.74) is 0.499. The van der Waals surface area contributed by atoms with Crippen molar-refractivity contribution in [3.8, 4) is 11.2 Å². The van der Waals surface area contributed by atoms with E-state index in [0.29, 0.717) is 11.3 Å². The predicted molar refractivity (Wildman–Crippen MR) is 60.2 cm³/mol. The van der Waals surface area contributed by atoms with E-state index in [4.69, 9.17) is 10.00 Å². The Hall–Kier alpha value is -1.80. The van der Waals surface area contributed by atoms with Gasteiger partial charge in [0.25, 0.3) is 0 Å². The van der Waals surface area contributed by atoms with Crippen LogP contribution in [0.3, 0.4) is 0 Å². The zero-order valence-corrected chi connectivity index (χ0v) is 9.41. The third-order valence-corrected chi connectivity index (χ3v) is 2.24. The van der Waals surface area contributed by atoms with Crippen molar-refractivity contribution in [3.63, 3.8) is 0 Å². The van der Waals surface area contributed by atoms with Crippen LogP contribution in [0.5, 0.6) is 5.75 Å². The van der Waals surface area contributed by atoms with Crippen molar-refractivity contribution in [2.75, 3.05) is 5.75 Å². The molecule has 0 aliphatic rings. The van der Waals surface area contributed by atoms with Gasteiger partial charge in [0.15, 0.2) is 5.78 Å². The molecule has 0 aliphatic carbocycles. The van der Waals surface area contributed by atoms with E-state index in [2.05, 4.69) is 0 Å². The zero-order chi connectivity index (χ0) is 12.0. The lowest BCUT2D eigenvalue weighted by molar-refractivity contribution is -0.131. The van der Waals surface area contributed by atoms with Gasteiger partial charge in [-0.2, -0.15) is 5.26 Å². The molecule has 4 nitrogen and oxygen atoms in total. The Labute approximate surface area is 97.2 Å². The summed E-state index contributed by atoms with van der Waals surface area (Å²) in [5, 5.41) is 10.1. The normalized spacial score (nSPS) is 9.25. The first-order valence-electron chi connectivity index (χ1n) is 4.46. The largest absolute Gasteiger partial charge is 0.427 e. The molecular formula is C11H9NO3S. The number of Topliss-reactive ketones (excluding diaryl/α,β-unsaturated/α-hetero) is 1. The van der Waals surface area contributed by atoms with Gasteiger partial charge in [0.05, 0.1) is 5.75 Å². The highest BCUT2D eigenvalue weighted by Gasteiger charge is 2.06. The summed E-state index contributed by atoms with van der Waals surface area (Å²) in [4.78, 5) is 22.1. The summed E-state index contributed by atoms with van der Waals surface area (Å²) in [6.45, 7) is 1.31. The second-order valence-electron chi connectivity index (χ2n) is 2.92. The Balaban J connectivity index is 2.67. The second kappa shape index (κ2) is 5.93. The topological polar surface area (TPSA) is 67.2 Å². The molecule has 0 aromatic heterocycles. The van der Waals surface area contributed by atoms with Crippen LogP contribution in [0.15, 0.2) is 24.3 Å². The van der Waals surface area contributed by atoms with Crippen molar-refractivity contribution in [1.82, 2.24) is 0 Å². The van der Waals surface area contributed by atoms with E-state index in [-0.39, 0.29) is 11.5 Å². The molecule has 0 bridgehead atoms. The standard InChI is InChI=1S/C11H9NO3S/c1-8(13)15-10-4-2-9(3-5-10)11(14)6-16-7-12/h2-5H,6H2,1H3. The zero-order valence-electron chi connectivity index (χ0n) is 8.60. The smallest absolute Gasteiger partial charge is 0.308 e. The number of esters is 1. The fourth-order valence-corrected chi connectivity index (χ4v) is 1.42. The second-order valence-corrected chi connectivity index (χ2v) is 3.68. The Morgan fingerprint density at radius 2 is 2.00 bits per heavy atom. The summed E-state index contributed by atoms with van der Waals surface area (Å²) in [5.74, 6) is 0.000629. The van der Waals surface area contributed by atoms with Crippen molar-refractivity contribution in [3.05, 3.63) is 29.8 Å². The molecule has 0 saturated heterocycles. The van der Waals surface area contributed by atoms with Gasteiger partial charge >= 0.3 is 5.97 Å². The summed E-state index contributed by atoms with van der Waals surface area (Å²) >= 11 is 0.897. The molecule has 1 rings (SSSR count). The highest BCUT2D eigenvalue weighted by Crippen LogP contribution is 2.14. The third kappa shape index (κ3) is 3.75. The SMILES string of the molecule is CC(=O)Oc1ccc(C(=O)CSC#N)cc1. The van der Waals surface area contributed by atoms with Crippen LogP contribution in [0.4, 0.5) is 0 Å². The quantitative estimate of drug-likeness (QED) is 0.345. The maximum atomic E-state index is 11.5. The lowest BCUT2D eigenvalue weighted by Crippen LogP contribution is -2.03. The molecule has 0 aliphatic heterocycles. The molecule has 0 unspecified atom stereocenters. The van der Waals surface area contributed by atoms with Gasteiger partial charge in [-0.25, -0.2) is 0 Å². The minimum absolute atomic E-state index is 0.124. The number of ether oxygens (including phenoxy) is 1. The number of benzene rings is 1. The average Bonchev–Trinajstić information content (AvgIpc) is 2.26. The number of hydrogen-bond donors (Lipinski definition) is 0. The first-order valence-corrected chi connectivity index (χ1v) is 5.44. The fraction of sp³-hybridized carbons (Fsp3) is 0.182. The van der Waals surface area contributed by atoms with Crippen LogP contribution in [0.1, 0.15) is 17.3 Å². The maximum absolute atomic E-state index is 11.5. The molecule has 0 fully saturated rings. The molecular weight excluding hydrogens is 226 g/mol. The Kier molecular flexibility index (Phi) is 4.55. The van der Waals surface area contributed by atoms with Crippen LogP contribution >= 0.6 is 11.8 Å². The Morgan fingerprint density at radius 3 is 2.50 bits per heavy atom. The number of carbonyl (C=O) groups is 2. The number of thiocyanates is 1. The fourth-order valence-electron chi connectivity index (χ4n) is 1.06. The van der Waals surface area contributed by atoms with Crippen LogP contribution in [0.25, 0.3) is 0 Å². The van der Waals surface area contributed by atoms with E-state index in [1.54, 1.807) is 24.3 Å². The molecule has 0 radical (unpaired) electrons. The van der Waals surface area contributed by atoms with Crippen LogP contribution in [0, 0.1) is 10.7 Å². The van der Waals surface area contributed by atoms with E-state index in [9.17, 15) is 9.59 Å². The van der Waals surface area contributed by atoms with Gasteiger partial charge in [0, 0.05) is 12.5 Å². The maximum Gasteiger partial charge on any atom is 0.308 e. The van der Waals surface area contributed by atoms with E-state index >= 15 is 0 Å². The Bertz CT molecular complexity index is 434. The molecule has 0 N–H and O–H groups in total. The van der Waals surface area contributed by atoms with Crippen LogP contribution in [-0.2, 0) is 4.79 Å². The van der Waals surface area contributed by atoms with Crippen molar-refractivity contribution in [1.29, 1.82) is 5.26 Å². The average molecular weight is 235 g/mol. The van der Waals surface area contributed by atoms with Gasteiger partial charge in [-0.3, -0.25) is 9.59 Å². The summed E-state index contributed by atoms with van der Waals surface area (Å²) in [6, 6.07) is 6.23. The molecule has 82 valence electrons. The molecule has 0 heterocycles. The minimum atomic E-state index is -0.404. The van der Waals surface area contributed by atoms with Gasteiger partial charge in [-0.15, -0.1) is 0 Å². The van der Waals surface area contributed by atoms with Crippen molar-refractivity contribution >= 4 is 23.5 Å². The highest BCUT2D eigenvalue weighted by atomic mass is 32.2. The number of hydrogen-bond acceptors (Lipinski definition) is 5. The van der Waals surface area contributed by atoms with Gasteiger partial charge < -0.3 is 4.74 Å². The van der Waals surface area contributed by atoms with Crippen LogP contribution in [0.2, 0.25) is 0 Å². The molecule has 1 aromatic rings. The summed E-state index contributed by atoms with van der Waals surface area (Å²) in [6.07, 6.45) is 0. The van der Waals surface area contributed by atoms with Crippen molar-refractivity contribution < 1.29 is 14.3 Å². The van der Waals surface area contributed by atoms with E-state index in [1.165, 1.54) is 6.92 Å². The third-order valence-electron chi connectivity index (χ3n) is 1.71. The Morgan fingerprint density at radius 1 is 1.38 bits per heavy atom. The molecule has 0 spiro atoms. The first kappa shape index (κ1) is 12.3. The number of nitriles is 1. The summed E-state index contributed by atoms with van der Waals surface area (Å²) < 4.78 is 4.82. The number of carbonyl (C=O) groups excluding carboxylic acids is 2. The first-order chi connectivity index (χ1) is 7.63. The van der Waals surface area contributed by atoms with Crippen molar-refractivity contribution in [2.24, 2.45) is 0 Å². The monoisotopic (exact) mass is 235 g/mol. The number of nitrogens with zero attached hydrogens (tertiary/aromatic N) is 1. The molecule has 16 heavy (non-hydrogen) atoms. The molecule has 5 heteroatoms. The van der Waals surface area contributed by atoms with Crippen LogP contribution < -0.4 is 4.74 Å². The molecule has 1 aromatic carbocycles. The highest BCUT2D eigenvalue weighted by molar-refractivity contribution is 8.04. The number of thioether (sulfide) groups is 1. The number of rotatable bonds is 4. The van der Waals surface area contributed by atoms with E-state index in [1.807, 2.05) is 5.40 Å². The summed E-state index contributed by atoms with van der Waals surface area (Å²) in [7, 11) is 0. The predicted octanol–water partition coefficient (Wildman–Crippen LogP) is 2.01. The lowest BCUT2D eigenvalue weighted by atomic mass is 10.1.